The lowest BCUT2D eigenvalue weighted by Crippen LogP contribution is -2.66. The third kappa shape index (κ3) is 2.08. The number of nitrogens with two attached hydrogens (primary N) is 1. The predicted molar refractivity (Wildman–Crippen MR) is 80.4 cm³/mol. The summed E-state index contributed by atoms with van der Waals surface area (Å²) in [5, 5.41) is 0. The molecule has 0 saturated carbocycles. The molecule has 0 aliphatic carbocycles. The summed E-state index contributed by atoms with van der Waals surface area (Å²) in [7, 11) is 0. The summed E-state index contributed by atoms with van der Waals surface area (Å²) in [5.74, 6) is -0.0788. The predicted octanol–water partition coefficient (Wildman–Crippen LogP) is 1.73. The van der Waals surface area contributed by atoms with Crippen LogP contribution >= 0.6 is 0 Å². The van der Waals surface area contributed by atoms with Crippen LogP contribution in [0.5, 0.6) is 0 Å². The molecule has 3 rings (SSSR count). The topological polar surface area (TPSA) is 49.6 Å². The van der Waals surface area contributed by atoms with Gasteiger partial charge in [-0.2, -0.15) is 0 Å². The fourth-order valence-electron chi connectivity index (χ4n) is 5.08. The lowest BCUT2D eigenvalue weighted by atomic mass is 9.79. The molecular weight excluding hydrogens is 250 g/mol. The smallest absolute Gasteiger partial charge is 0.238 e. The Morgan fingerprint density at radius 3 is 2.00 bits per heavy atom. The number of hydrogen-bond acceptors (Lipinski definition) is 3. The lowest BCUT2D eigenvalue weighted by molar-refractivity contribution is -0.137. The first-order valence-electron chi connectivity index (χ1n) is 8.18. The number of nitrogens with zero attached hydrogens (tertiary/aromatic N) is 2. The molecule has 3 aliphatic heterocycles. The summed E-state index contributed by atoms with van der Waals surface area (Å²) in [6.07, 6.45) is 6.77. The Morgan fingerprint density at radius 2 is 1.60 bits per heavy atom. The molecule has 4 heteroatoms. The molecule has 4 nitrogen and oxygen atoms in total. The van der Waals surface area contributed by atoms with Crippen molar-refractivity contribution in [3.8, 4) is 0 Å². The van der Waals surface area contributed by atoms with Crippen LogP contribution in [0.25, 0.3) is 0 Å². The Kier molecular flexibility index (Phi) is 3.37. The summed E-state index contributed by atoms with van der Waals surface area (Å²) >= 11 is 0. The Bertz CT molecular complexity index is 381. The molecule has 0 aromatic carbocycles. The van der Waals surface area contributed by atoms with Crippen molar-refractivity contribution in [3.05, 3.63) is 0 Å². The van der Waals surface area contributed by atoms with E-state index in [0.29, 0.717) is 12.1 Å². The van der Waals surface area contributed by atoms with Crippen LogP contribution in [-0.4, -0.2) is 52.0 Å². The van der Waals surface area contributed by atoms with Crippen molar-refractivity contribution in [2.75, 3.05) is 13.1 Å². The first-order chi connectivity index (χ1) is 9.34. The van der Waals surface area contributed by atoms with E-state index >= 15 is 0 Å². The zero-order chi connectivity index (χ0) is 14.5. The normalized spacial score (nSPS) is 39.4. The summed E-state index contributed by atoms with van der Waals surface area (Å²) < 4.78 is 0. The van der Waals surface area contributed by atoms with Crippen molar-refractivity contribution >= 4 is 5.91 Å². The van der Waals surface area contributed by atoms with Crippen LogP contribution in [0.2, 0.25) is 0 Å². The molecule has 0 aromatic heterocycles. The molecule has 1 amide bonds. The van der Waals surface area contributed by atoms with Gasteiger partial charge in [0.15, 0.2) is 0 Å². The lowest BCUT2D eigenvalue weighted by Gasteiger charge is -2.53. The highest BCUT2D eigenvalue weighted by atomic mass is 16.1. The highest BCUT2D eigenvalue weighted by Crippen LogP contribution is 2.47. The number of carbonyl (C=O) groups excluding carboxylic acids is 1. The molecule has 3 fully saturated rings. The summed E-state index contributed by atoms with van der Waals surface area (Å²) in [5.41, 5.74) is 5.73. The van der Waals surface area contributed by atoms with Gasteiger partial charge in [-0.05, 0) is 72.4 Å². The molecule has 2 bridgehead atoms. The number of likely N-dealkylation sites (tertiary alicyclic amines) is 1. The zero-order valence-corrected chi connectivity index (χ0v) is 13.2. The maximum atomic E-state index is 12.3. The molecule has 0 spiro atoms. The molecule has 2 atom stereocenters. The van der Waals surface area contributed by atoms with E-state index in [2.05, 4.69) is 30.6 Å². The van der Waals surface area contributed by atoms with Crippen LogP contribution in [0.1, 0.15) is 59.3 Å². The van der Waals surface area contributed by atoms with Crippen LogP contribution in [0.4, 0.5) is 0 Å². The minimum atomic E-state index is -0.357. The van der Waals surface area contributed by atoms with E-state index < -0.39 is 0 Å². The monoisotopic (exact) mass is 279 g/mol. The Balaban J connectivity index is 1.88. The van der Waals surface area contributed by atoms with Gasteiger partial charge in [-0.3, -0.25) is 14.6 Å². The number of fused-ring (bicyclic) bond motifs is 2. The molecular formula is C16H29N3O. The van der Waals surface area contributed by atoms with Gasteiger partial charge in [-0.1, -0.05) is 0 Å². The summed E-state index contributed by atoms with van der Waals surface area (Å²) in [6, 6.07) is 1.06. The van der Waals surface area contributed by atoms with Crippen LogP contribution in [0.15, 0.2) is 0 Å². The van der Waals surface area contributed by atoms with Crippen molar-refractivity contribution in [2.24, 2.45) is 5.73 Å². The average Bonchev–Trinajstić information content (AvgIpc) is 2.95. The van der Waals surface area contributed by atoms with Crippen LogP contribution in [-0.2, 0) is 4.79 Å². The van der Waals surface area contributed by atoms with Gasteiger partial charge in [0, 0.05) is 17.6 Å². The largest absolute Gasteiger partial charge is 0.368 e. The van der Waals surface area contributed by atoms with Gasteiger partial charge in [0.25, 0.3) is 0 Å². The standard InChI is InChI=1S/C16H29N3O/c1-15(2,3)19-12-6-7-13(19)11-16(10-12,14(17)20)18-8-4-5-9-18/h12-13H,4-11H2,1-3H3,(H2,17,20). The number of hydrogen-bond donors (Lipinski definition) is 1. The Labute approximate surface area is 122 Å². The van der Waals surface area contributed by atoms with Crippen LogP contribution in [0.3, 0.4) is 0 Å². The third-order valence-electron chi connectivity index (χ3n) is 5.71. The second-order valence-corrected chi connectivity index (χ2v) is 7.96. The van der Waals surface area contributed by atoms with Crippen LogP contribution in [0, 0.1) is 0 Å². The van der Waals surface area contributed by atoms with E-state index in [9.17, 15) is 4.79 Å². The van der Waals surface area contributed by atoms with Crippen molar-refractivity contribution in [3.63, 3.8) is 0 Å². The van der Waals surface area contributed by atoms with Gasteiger partial charge in [0.1, 0.15) is 5.54 Å². The maximum absolute atomic E-state index is 12.3. The fourth-order valence-corrected chi connectivity index (χ4v) is 5.08. The molecule has 20 heavy (non-hydrogen) atoms. The number of carbonyl (C=O) groups is 1. The molecule has 0 aromatic rings. The van der Waals surface area contributed by atoms with Gasteiger partial charge in [-0.15, -0.1) is 0 Å². The molecule has 2 N–H and O–H groups in total. The van der Waals surface area contributed by atoms with Gasteiger partial charge in [-0.25, -0.2) is 0 Å². The van der Waals surface area contributed by atoms with E-state index in [1.54, 1.807) is 0 Å². The fraction of sp³-hybridized carbons (Fsp3) is 0.938. The van der Waals surface area contributed by atoms with Gasteiger partial charge in [0.05, 0.1) is 0 Å². The highest BCUT2D eigenvalue weighted by molar-refractivity contribution is 5.85. The van der Waals surface area contributed by atoms with Gasteiger partial charge in [0.2, 0.25) is 5.91 Å². The number of amides is 1. The van der Waals surface area contributed by atoms with E-state index in [0.717, 1.165) is 25.9 Å². The molecule has 114 valence electrons. The van der Waals surface area contributed by atoms with Crippen molar-refractivity contribution in [2.45, 2.75) is 82.5 Å². The van der Waals surface area contributed by atoms with Crippen molar-refractivity contribution in [1.82, 2.24) is 9.80 Å². The minimum absolute atomic E-state index is 0.0788. The van der Waals surface area contributed by atoms with E-state index in [4.69, 9.17) is 5.73 Å². The quantitative estimate of drug-likeness (QED) is 0.837. The molecule has 3 aliphatic rings. The molecule has 3 heterocycles. The number of primary amides is 1. The van der Waals surface area contributed by atoms with Gasteiger partial charge < -0.3 is 5.73 Å². The minimum Gasteiger partial charge on any atom is -0.368 e. The maximum Gasteiger partial charge on any atom is 0.238 e. The van der Waals surface area contributed by atoms with Crippen molar-refractivity contribution < 1.29 is 4.79 Å². The molecule has 3 saturated heterocycles. The Hall–Kier alpha value is -0.610. The summed E-state index contributed by atoms with van der Waals surface area (Å²) in [4.78, 5) is 17.4. The van der Waals surface area contributed by atoms with E-state index in [1.807, 2.05) is 0 Å². The SMILES string of the molecule is CC(C)(C)N1C2CCC1CC(C(N)=O)(N1CCCC1)C2. The third-order valence-corrected chi connectivity index (χ3v) is 5.71. The van der Waals surface area contributed by atoms with Crippen LogP contribution < -0.4 is 5.73 Å². The first-order valence-corrected chi connectivity index (χ1v) is 8.18. The van der Waals surface area contributed by atoms with E-state index in [-0.39, 0.29) is 17.0 Å². The number of rotatable bonds is 2. The average molecular weight is 279 g/mol. The summed E-state index contributed by atoms with van der Waals surface area (Å²) in [6.45, 7) is 9.00. The second-order valence-electron chi connectivity index (χ2n) is 7.96. The van der Waals surface area contributed by atoms with Gasteiger partial charge >= 0.3 is 0 Å². The number of piperidine rings is 1. The first kappa shape index (κ1) is 14.3. The highest BCUT2D eigenvalue weighted by Gasteiger charge is 2.56. The Morgan fingerprint density at radius 1 is 1.10 bits per heavy atom. The zero-order valence-electron chi connectivity index (χ0n) is 13.2. The molecule has 2 unspecified atom stereocenters. The van der Waals surface area contributed by atoms with E-state index in [1.165, 1.54) is 25.7 Å². The second kappa shape index (κ2) is 4.70. The molecule has 0 radical (unpaired) electrons. The van der Waals surface area contributed by atoms with Crippen molar-refractivity contribution in [1.29, 1.82) is 0 Å².